The molecule has 120 valence electrons. The SMILES string of the molecule is CC(C)C(=O)N1CCC(C(=O)N(CCO)C2CCC2)CC1. The van der Waals surface area contributed by atoms with Crippen molar-refractivity contribution in [1.29, 1.82) is 0 Å². The Morgan fingerprint density at radius 2 is 1.81 bits per heavy atom. The second-order valence-corrected chi connectivity index (χ2v) is 6.59. The Labute approximate surface area is 127 Å². The molecule has 0 atom stereocenters. The maximum absolute atomic E-state index is 12.6. The molecular weight excluding hydrogens is 268 g/mol. The van der Waals surface area contributed by atoms with E-state index in [4.69, 9.17) is 0 Å². The average Bonchev–Trinajstić information content (AvgIpc) is 2.43. The molecule has 1 aliphatic carbocycles. The molecule has 2 rings (SSSR count). The molecule has 0 radical (unpaired) electrons. The Kier molecular flexibility index (Phi) is 5.62. The molecule has 1 N–H and O–H groups in total. The maximum atomic E-state index is 12.6. The Hall–Kier alpha value is -1.10. The van der Waals surface area contributed by atoms with Crippen molar-refractivity contribution < 1.29 is 14.7 Å². The lowest BCUT2D eigenvalue weighted by atomic mass is 9.88. The number of carbonyl (C=O) groups is 2. The van der Waals surface area contributed by atoms with E-state index in [-0.39, 0.29) is 30.3 Å². The summed E-state index contributed by atoms with van der Waals surface area (Å²) in [6.45, 7) is 5.69. The zero-order valence-electron chi connectivity index (χ0n) is 13.3. The highest BCUT2D eigenvalue weighted by Crippen LogP contribution is 2.28. The summed E-state index contributed by atoms with van der Waals surface area (Å²) in [5.74, 6) is 0.420. The van der Waals surface area contributed by atoms with Gasteiger partial charge in [0.2, 0.25) is 11.8 Å². The van der Waals surface area contributed by atoms with Gasteiger partial charge in [0, 0.05) is 37.5 Å². The molecule has 2 fully saturated rings. The Bertz CT molecular complexity index is 372. The standard InChI is InChI=1S/C16H28N2O3/c1-12(2)15(20)17-8-6-13(7-9-17)16(21)18(10-11-19)14-4-3-5-14/h12-14,19H,3-11H2,1-2H3. The first-order chi connectivity index (χ1) is 10.0. The van der Waals surface area contributed by atoms with Crippen molar-refractivity contribution >= 4 is 11.8 Å². The van der Waals surface area contributed by atoms with Gasteiger partial charge in [0.15, 0.2) is 0 Å². The quantitative estimate of drug-likeness (QED) is 0.831. The highest BCUT2D eigenvalue weighted by atomic mass is 16.3. The topological polar surface area (TPSA) is 60.9 Å². The highest BCUT2D eigenvalue weighted by Gasteiger charge is 2.35. The molecule has 0 unspecified atom stereocenters. The van der Waals surface area contributed by atoms with Crippen molar-refractivity contribution in [1.82, 2.24) is 9.80 Å². The summed E-state index contributed by atoms with van der Waals surface area (Å²) in [7, 11) is 0. The lowest BCUT2D eigenvalue weighted by molar-refractivity contribution is -0.145. The van der Waals surface area contributed by atoms with E-state index >= 15 is 0 Å². The molecule has 0 aromatic heterocycles. The second kappa shape index (κ2) is 7.25. The number of hydrogen-bond donors (Lipinski definition) is 1. The molecule has 1 saturated heterocycles. The lowest BCUT2D eigenvalue weighted by Crippen LogP contribution is -2.50. The molecule has 5 heteroatoms. The van der Waals surface area contributed by atoms with Gasteiger partial charge in [-0.25, -0.2) is 0 Å². The van der Waals surface area contributed by atoms with E-state index in [0.717, 1.165) is 25.7 Å². The van der Waals surface area contributed by atoms with Crippen molar-refractivity contribution in [2.45, 2.75) is 52.0 Å². The fourth-order valence-corrected chi connectivity index (χ4v) is 3.23. The summed E-state index contributed by atoms with van der Waals surface area (Å²) < 4.78 is 0. The minimum Gasteiger partial charge on any atom is -0.395 e. The summed E-state index contributed by atoms with van der Waals surface area (Å²) in [5.41, 5.74) is 0. The molecule has 5 nitrogen and oxygen atoms in total. The molecule has 1 aliphatic heterocycles. The molecule has 0 spiro atoms. The van der Waals surface area contributed by atoms with Crippen LogP contribution in [-0.4, -0.2) is 59.0 Å². The largest absolute Gasteiger partial charge is 0.395 e. The fourth-order valence-electron chi connectivity index (χ4n) is 3.23. The van der Waals surface area contributed by atoms with Gasteiger partial charge in [-0.1, -0.05) is 13.8 Å². The van der Waals surface area contributed by atoms with E-state index in [1.807, 2.05) is 23.6 Å². The van der Waals surface area contributed by atoms with Gasteiger partial charge in [-0.2, -0.15) is 0 Å². The van der Waals surface area contributed by atoms with Crippen LogP contribution in [0.4, 0.5) is 0 Å². The van der Waals surface area contributed by atoms with Crippen molar-refractivity contribution in [2.24, 2.45) is 11.8 Å². The van der Waals surface area contributed by atoms with Crippen LogP contribution in [0.5, 0.6) is 0 Å². The van der Waals surface area contributed by atoms with E-state index < -0.39 is 0 Å². The normalized spacial score (nSPS) is 20.5. The molecule has 1 saturated carbocycles. The van der Waals surface area contributed by atoms with Crippen LogP contribution in [0.1, 0.15) is 46.0 Å². The zero-order chi connectivity index (χ0) is 15.4. The van der Waals surface area contributed by atoms with Gasteiger partial charge in [-0.15, -0.1) is 0 Å². The predicted molar refractivity (Wildman–Crippen MR) is 80.6 cm³/mol. The first kappa shape index (κ1) is 16.3. The smallest absolute Gasteiger partial charge is 0.226 e. The van der Waals surface area contributed by atoms with E-state index in [1.165, 1.54) is 6.42 Å². The number of piperidine rings is 1. The molecule has 0 bridgehead atoms. The number of carbonyl (C=O) groups excluding carboxylic acids is 2. The van der Waals surface area contributed by atoms with Gasteiger partial charge in [0.05, 0.1) is 6.61 Å². The zero-order valence-corrected chi connectivity index (χ0v) is 13.3. The van der Waals surface area contributed by atoms with Gasteiger partial charge in [-0.3, -0.25) is 9.59 Å². The summed E-state index contributed by atoms with van der Waals surface area (Å²) in [4.78, 5) is 28.4. The van der Waals surface area contributed by atoms with Gasteiger partial charge in [0.25, 0.3) is 0 Å². The van der Waals surface area contributed by atoms with Crippen LogP contribution in [0.3, 0.4) is 0 Å². The van der Waals surface area contributed by atoms with E-state index in [9.17, 15) is 14.7 Å². The summed E-state index contributed by atoms with van der Waals surface area (Å²) in [6.07, 6.45) is 4.83. The molecule has 1 heterocycles. The van der Waals surface area contributed by atoms with Crippen LogP contribution in [0.25, 0.3) is 0 Å². The van der Waals surface area contributed by atoms with Crippen molar-refractivity contribution in [2.75, 3.05) is 26.2 Å². The Morgan fingerprint density at radius 3 is 2.24 bits per heavy atom. The number of rotatable bonds is 5. The van der Waals surface area contributed by atoms with E-state index in [2.05, 4.69) is 0 Å². The lowest BCUT2D eigenvalue weighted by Gasteiger charge is -2.41. The number of likely N-dealkylation sites (tertiary alicyclic amines) is 1. The third-order valence-electron chi connectivity index (χ3n) is 4.79. The van der Waals surface area contributed by atoms with Crippen LogP contribution in [0.15, 0.2) is 0 Å². The minimum atomic E-state index is 0.0216. The maximum Gasteiger partial charge on any atom is 0.226 e. The van der Waals surface area contributed by atoms with Gasteiger partial charge < -0.3 is 14.9 Å². The molecule has 2 amide bonds. The second-order valence-electron chi connectivity index (χ2n) is 6.59. The number of aliphatic hydroxyl groups is 1. The third-order valence-corrected chi connectivity index (χ3v) is 4.79. The van der Waals surface area contributed by atoms with Crippen LogP contribution in [0.2, 0.25) is 0 Å². The Balaban J connectivity index is 1.88. The molecule has 21 heavy (non-hydrogen) atoms. The molecule has 0 aromatic carbocycles. The van der Waals surface area contributed by atoms with Gasteiger partial charge in [0.1, 0.15) is 0 Å². The summed E-state index contributed by atoms with van der Waals surface area (Å²) >= 11 is 0. The number of aliphatic hydroxyl groups excluding tert-OH is 1. The van der Waals surface area contributed by atoms with E-state index in [0.29, 0.717) is 25.7 Å². The molecular formula is C16H28N2O3. The Morgan fingerprint density at radius 1 is 1.19 bits per heavy atom. The van der Waals surface area contributed by atoms with Crippen LogP contribution >= 0.6 is 0 Å². The van der Waals surface area contributed by atoms with E-state index in [1.54, 1.807) is 0 Å². The van der Waals surface area contributed by atoms with Crippen molar-refractivity contribution in [3.63, 3.8) is 0 Å². The number of hydrogen-bond acceptors (Lipinski definition) is 3. The monoisotopic (exact) mass is 296 g/mol. The minimum absolute atomic E-state index is 0.0216. The average molecular weight is 296 g/mol. The first-order valence-corrected chi connectivity index (χ1v) is 8.24. The highest BCUT2D eigenvalue weighted by molar-refractivity contribution is 5.81. The molecule has 2 aliphatic rings. The number of amides is 2. The number of nitrogens with zero attached hydrogens (tertiary/aromatic N) is 2. The summed E-state index contributed by atoms with van der Waals surface area (Å²) in [6, 6.07) is 0.333. The van der Waals surface area contributed by atoms with Gasteiger partial charge in [-0.05, 0) is 32.1 Å². The first-order valence-electron chi connectivity index (χ1n) is 8.24. The van der Waals surface area contributed by atoms with Crippen LogP contribution < -0.4 is 0 Å². The van der Waals surface area contributed by atoms with Crippen molar-refractivity contribution in [3.05, 3.63) is 0 Å². The summed E-state index contributed by atoms with van der Waals surface area (Å²) in [5, 5.41) is 9.18. The fraction of sp³-hybridized carbons (Fsp3) is 0.875. The predicted octanol–water partition coefficient (Wildman–Crippen LogP) is 1.25. The van der Waals surface area contributed by atoms with Crippen LogP contribution in [-0.2, 0) is 9.59 Å². The van der Waals surface area contributed by atoms with Crippen molar-refractivity contribution in [3.8, 4) is 0 Å². The molecule has 0 aromatic rings. The van der Waals surface area contributed by atoms with Gasteiger partial charge >= 0.3 is 0 Å². The third kappa shape index (κ3) is 3.76. The van der Waals surface area contributed by atoms with Crippen LogP contribution in [0, 0.1) is 11.8 Å².